The summed E-state index contributed by atoms with van der Waals surface area (Å²) in [5, 5.41) is 0. The van der Waals surface area contributed by atoms with Crippen LogP contribution in [0, 0.1) is 5.82 Å². The second-order valence-corrected chi connectivity index (χ2v) is 11.2. The number of aryl methyl sites for hydroxylation is 1. The normalized spacial score (nSPS) is 11.5. The maximum atomic E-state index is 15.5. The van der Waals surface area contributed by atoms with Gasteiger partial charge in [-0.25, -0.2) is 4.39 Å². The van der Waals surface area contributed by atoms with E-state index in [-0.39, 0.29) is 25.8 Å². The molecule has 0 heterocycles. The average molecular weight is 719 g/mol. The van der Waals surface area contributed by atoms with Crippen LogP contribution in [0.4, 0.5) is 4.39 Å². The Labute approximate surface area is 313 Å². The molecule has 0 saturated heterocycles. The third-order valence-corrected chi connectivity index (χ3v) is 8.17. The van der Waals surface area contributed by atoms with E-state index in [2.05, 4.69) is 45.9 Å². The molecule has 52 heavy (non-hydrogen) atoms. The number of hydrogen-bond donors (Lipinski definition) is 0. The van der Waals surface area contributed by atoms with Crippen LogP contribution in [0.25, 0.3) is 11.1 Å². The lowest BCUT2D eigenvalue weighted by Gasteiger charge is -2.25. The first-order chi connectivity index (χ1) is 25.0. The SMILES string of the molecule is C.CC.CC.COC(C)OC.COC(CCCCOc1ccc(C2=C(c3ccccc3)CCc3cc(OCc4ccccc4)c(F)cc32)cc1)OC. The molecule has 0 bridgehead atoms. The Morgan fingerprint density at radius 2 is 1.25 bits per heavy atom. The van der Waals surface area contributed by atoms with Crippen molar-refractivity contribution in [3.63, 3.8) is 0 Å². The van der Waals surface area contributed by atoms with Gasteiger partial charge in [-0.2, -0.15) is 0 Å². The van der Waals surface area contributed by atoms with Crippen molar-refractivity contribution in [1.29, 1.82) is 0 Å². The highest BCUT2D eigenvalue weighted by molar-refractivity contribution is 6.00. The second-order valence-electron chi connectivity index (χ2n) is 11.2. The van der Waals surface area contributed by atoms with Gasteiger partial charge in [-0.3, -0.25) is 0 Å². The summed E-state index contributed by atoms with van der Waals surface area (Å²) in [5.74, 6) is 0.759. The minimum absolute atomic E-state index is 0. The third-order valence-electron chi connectivity index (χ3n) is 8.17. The van der Waals surface area contributed by atoms with Crippen molar-refractivity contribution in [2.75, 3.05) is 35.0 Å². The zero-order valence-electron chi connectivity index (χ0n) is 32.2. The van der Waals surface area contributed by atoms with Gasteiger partial charge in [0.2, 0.25) is 0 Å². The molecule has 6 nitrogen and oxygen atoms in total. The number of methoxy groups -OCH3 is 4. The fraction of sp³-hybridized carbons (Fsp3) is 0.422. The maximum Gasteiger partial charge on any atom is 0.165 e. The molecule has 286 valence electrons. The van der Waals surface area contributed by atoms with Crippen molar-refractivity contribution in [1.82, 2.24) is 0 Å². The Morgan fingerprint density at radius 1 is 0.654 bits per heavy atom. The monoisotopic (exact) mass is 718 g/mol. The van der Waals surface area contributed by atoms with Gasteiger partial charge >= 0.3 is 0 Å². The minimum Gasteiger partial charge on any atom is -0.494 e. The van der Waals surface area contributed by atoms with Crippen molar-refractivity contribution in [2.24, 2.45) is 0 Å². The summed E-state index contributed by atoms with van der Waals surface area (Å²) < 4.78 is 47.2. The van der Waals surface area contributed by atoms with Gasteiger partial charge in [0.15, 0.2) is 24.1 Å². The van der Waals surface area contributed by atoms with Crippen molar-refractivity contribution in [3.8, 4) is 11.5 Å². The highest BCUT2D eigenvalue weighted by Crippen LogP contribution is 2.43. The van der Waals surface area contributed by atoms with Crippen LogP contribution in [0.5, 0.6) is 11.5 Å². The van der Waals surface area contributed by atoms with Crippen molar-refractivity contribution >= 4 is 11.1 Å². The van der Waals surface area contributed by atoms with Crippen molar-refractivity contribution in [2.45, 2.75) is 93.3 Å². The van der Waals surface area contributed by atoms with Crippen LogP contribution in [0.3, 0.4) is 0 Å². The smallest absolute Gasteiger partial charge is 0.165 e. The van der Waals surface area contributed by atoms with E-state index in [1.165, 1.54) is 5.57 Å². The fourth-order valence-electron chi connectivity index (χ4n) is 5.44. The van der Waals surface area contributed by atoms with E-state index in [0.717, 1.165) is 71.2 Å². The second kappa shape index (κ2) is 26.7. The molecule has 0 spiro atoms. The number of benzene rings is 4. The molecule has 4 aromatic rings. The Bertz CT molecular complexity index is 1520. The lowest BCUT2D eigenvalue weighted by molar-refractivity contribution is -0.107. The van der Waals surface area contributed by atoms with E-state index in [1.54, 1.807) is 34.5 Å². The molecule has 0 aromatic heterocycles. The van der Waals surface area contributed by atoms with Gasteiger partial charge in [0.05, 0.1) is 6.61 Å². The molecule has 5 rings (SSSR count). The van der Waals surface area contributed by atoms with E-state index in [4.69, 9.17) is 18.9 Å². The first kappa shape index (κ1) is 46.0. The standard InChI is InChI=1S/C36H37FO4.C4H10O2.2C2H6.CH4/c1-38-35(39-2)15-9-10-22-40-30-19-16-28(17-20-30)36-31(27-13-7-4-8-14-27)21-18-29-23-34(33(37)24-32(29)36)41-25-26-11-5-3-6-12-26;1-4(5-2)6-3;2*1-2;/h3-8,11-14,16-17,19-20,23-24,35H,9-10,15,18,21-22,25H2,1-2H3;4H,1-3H3;2*1-2H3;1H4. The van der Waals surface area contributed by atoms with E-state index in [9.17, 15) is 0 Å². The molecule has 1 aliphatic rings. The molecule has 7 heteroatoms. The van der Waals surface area contributed by atoms with Crippen molar-refractivity contribution in [3.05, 3.63) is 131 Å². The summed E-state index contributed by atoms with van der Waals surface area (Å²) in [4.78, 5) is 0. The molecule has 0 saturated carbocycles. The molecule has 0 unspecified atom stereocenters. The van der Waals surface area contributed by atoms with Crippen LogP contribution >= 0.6 is 0 Å². The van der Waals surface area contributed by atoms with Crippen LogP contribution in [0.1, 0.15) is 95.5 Å². The van der Waals surface area contributed by atoms with Gasteiger partial charge in [-0.15, -0.1) is 0 Å². The topological polar surface area (TPSA) is 55.4 Å². The lowest BCUT2D eigenvalue weighted by Crippen LogP contribution is -2.12. The number of rotatable bonds is 15. The van der Waals surface area contributed by atoms with E-state index in [0.29, 0.717) is 19.0 Å². The number of ether oxygens (including phenoxy) is 6. The van der Waals surface area contributed by atoms with Crippen LogP contribution in [0.15, 0.2) is 97.1 Å². The van der Waals surface area contributed by atoms with E-state index >= 15 is 4.39 Å². The zero-order valence-corrected chi connectivity index (χ0v) is 32.2. The first-order valence-corrected chi connectivity index (χ1v) is 18.1. The summed E-state index contributed by atoms with van der Waals surface area (Å²) in [5.41, 5.74) is 7.49. The number of allylic oxidation sites excluding steroid dienone is 1. The zero-order chi connectivity index (χ0) is 37.4. The molecule has 0 N–H and O–H groups in total. The predicted octanol–water partition coefficient (Wildman–Crippen LogP) is 11.8. The largest absolute Gasteiger partial charge is 0.494 e. The predicted molar refractivity (Wildman–Crippen MR) is 214 cm³/mol. The fourth-order valence-corrected chi connectivity index (χ4v) is 5.44. The molecule has 0 amide bonds. The van der Waals surface area contributed by atoms with E-state index < -0.39 is 0 Å². The number of unbranched alkanes of at least 4 members (excludes halogenated alkanes) is 1. The minimum atomic E-state index is -0.351. The lowest BCUT2D eigenvalue weighted by atomic mass is 9.79. The summed E-state index contributed by atoms with van der Waals surface area (Å²) in [6.07, 6.45) is 4.14. The number of fused-ring (bicyclic) bond motifs is 1. The number of hydrogen-bond acceptors (Lipinski definition) is 6. The molecule has 0 aliphatic heterocycles. The molecular formula is C45H63FO6. The summed E-state index contributed by atoms with van der Waals surface area (Å²) in [7, 11) is 6.52. The molecule has 0 atom stereocenters. The third kappa shape index (κ3) is 14.5. The molecule has 1 aliphatic carbocycles. The van der Waals surface area contributed by atoms with Gasteiger partial charge in [0.25, 0.3) is 0 Å². The molecule has 0 radical (unpaired) electrons. The van der Waals surface area contributed by atoms with Gasteiger partial charge in [-0.1, -0.05) is 108 Å². The van der Waals surface area contributed by atoms with Crippen LogP contribution in [0.2, 0.25) is 0 Å². The summed E-state index contributed by atoms with van der Waals surface area (Å²) >= 11 is 0. The van der Waals surface area contributed by atoms with E-state index in [1.807, 2.05) is 89.2 Å². The number of halogens is 1. The van der Waals surface area contributed by atoms with Gasteiger partial charge in [0.1, 0.15) is 12.4 Å². The Balaban J connectivity index is 0.00000110. The summed E-state index contributed by atoms with van der Waals surface area (Å²) in [6, 6.07) is 31.9. The van der Waals surface area contributed by atoms with Gasteiger partial charge in [-0.05, 0) is 102 Å². The van der Waals surface area contributed by atoms with Crippen molar-refractivity contribution < 1.29 is 32.8 Å². The van der Waals surface area contributed by atoms with Gasteiger partial charge < -0.3 is 28.4 Å². The van der Waals surface area contributed by atoms with Crippen LogP contribution in [-0.4, -0.2) is 47.6 Å². The Morgan fingerprint density at radius 3 is 1.81 bits per heavy atom. The highest BCUT2D eigenvalue weighted by atomic mass is 19.1. The molecule has 0 fully saturated rings. The summed E-state index contributed by atoms with van der Waals surface area (Å²) in [6.45, 7) is 10.8. The van der Waals surface area contributed by atoms with Gasteiger partial charge in [0, 0.05) is 28.4 Å². The first-order valence-electron chi connectivity index (χ1n) is 18.1. The Kier molecular flexibility index (Phi) is 23.6. The van der Waals surface area contributed by atoms with Crippen LogP contribution in [-0.2, 0) is 32.0 Å². The Hall–Kier alpha value is -4.01. The average Bonchev–Trinajstić information content (AvgIpc) is 3.20. The maximum absolute atomic E-state index is 15.5. The van der Waals surface area contributed by atoms with Crippen LogP contribution < -0.4 is 9.47 Å². The molecular weight excluding hydrogens is 655 g/mol. The quantitative estimate of drug-likeness (QED) is 0.0901. The highest BCUT2D eigenvalue weighted by Gasteiger charge is 2.24. The molecule has 4 aromatic carbocycles.